The van der Waals surface area contributed by atoms with Gasteiger partial charge >= 0.3 is 0 Å². The van der Waals surface area contributed by atoms with Gasteiger partial charge in [0.15, 0.2) is 0 Å². The van der Waals surface area contributed by atoms with Gasteiger partial charge in [-0.15, -0.1) is 0 Å². The smallest absolute Gasteiger partial charge is 0.147 e. The predicted octanol–water partition coefficient (Wildman–Crippen LogP) is 5.30. The third kappa shape index (κ3) is 3.24. The van der Waals surface area contributed by atoms with Crippen LogP contribution in [-0.2, 0) is 4.79 Å². The van der Waals surface area contributed by atoms with Crippen LogP contribution in [-0.4, -0.2) is 5.78 Å². The van der Waals surface area contributed by atoms with Gasteiger partial charge in [-0.25, -0.2) is 0 Å². The van der Waals surface area contributed by atoms with Gasteiger partial charge in [-0.05, 0) is 25.7 Å². The standard InChI is InChI=1S/C17H30O/c1-5-9-13-14(10-6-2)16(12-8-4)17(18)15(13)11-7-3/h15-16H,5-12H2,1-4H3/t15-,16+. The molecular weight excluding hydrogens is 220 g/mol. The first kappa shape index (κ1) is 15.5. The summed E-state index contributed by atoms with van der Waals surface area (Å²) in [5.74, 6) is 1.09. The average molecular weight is 250 g/mol. The minimum atomic E-state index is 0.271. The van der Waals surface area contributed by atoms with Crippen LogP contribution in [0.15, 0.2) is 11.1 Å². The molecule has 0 bridgehead atoms. The first-order chi connectivity index (χ1) is 8.71. The number of carbonyl (C=O) groups is 1. The summed E-state index contributed by atoms with van der Waals surface area (Å²) in [4.78, 5) is 12.6. The van der Waals surface area contributed by atoms with Crippen LogP contribution >= 0.6 is 0 Å². The van der Waals surface area contributed by atoms with Crippen LogP contribution in [0.2, 0.25) is 0 Å². The van der Waals surface area contributed by atoms with E-state index in [1.807, 2.05) is 0 Å². The summed E-state index contributed by atoms with van der Waals surface area (Å²) in [5.41, 5.74) is 3.06. The summed E-state index contributed by atoms with van der Waals surface area (Å²) in [6.07, 6.45) is 9.04. The Hall–Kier alpha value is -0.590. The molecule has 0 aliphatic heterocycles. The molecule has 0 fully saturated rings. The molecule has 0 aromatic heterocycles. The Morgan fingerprint density at radius 2 is 1.11 bits per heavy atom. The van der Waals surface area contributed by atoms with Gasteiger partial charge in [0.2, 0.25) is 0 Å². The van der Waals surface area contributed by atoms with Crippen molar-refractivity contribution in [3.05, 3.63) is 11.1 Å². The fourth-order valence-electron chi connectivity index (χ4n) is 3.45. The summed E-state index contributed by atoms with van der Waals surface area (Å²) < 4.78 is 0. The molecule has 0 spiro atoms. The number of Topliss-reactive ketones (excluding diaryl/α,β-unsaturated/α-hetero) is 1. The molecule has 0 saturated heterocycles. The molecule has 0 N–H and O–H groups in total. The SMILES string of the molecule is CCCC1=C(CCC)[C@@H](CCC)C(=O)[C@H]1CCC. The fraction of sp³-hybridized carbons (Fsp3) is 0.824. The summed E-state index contributed by atoms with van der Waals surface area (Å²) in [6.45, 7) is 8.86. The van der Waals surface area contributed by atoms with Crippen LogP contribution < -0.4 is 0 Å². The molecule has 1 nitrogen and oxygen atoms in total. The number of hydrogen-bond acceptors (Lipinski definition) is 1. The van der Waals surface area contributed by atoms with Crippen LogP contribution in [0.5, 0.6) is 0 Å². The maximum absolute atomic E-state index is 12.6. The van der Waals surface area contributed by atoms with Crippen molar-refractivity contribution < 1.29 is 4.79 Å². The largest absolute Gasteiger partial charge is 0.298 e. The Balaban J connectivity index is 3.02. The van der Waals surface area contributed by atoms with Crippen molar-refractivity contribution in [3.63, 3.8) is 0 Å². The molecule has 0 amide bonds. The van der Waals surface area contributed by atoms with E-state index in [2.05, 4.69) is 27.7 Å². The lowest BCUT2D eigenvalue weighted by molar-refractivity contribution is -0.123. The van der Waals surface area contributed by atoms with Gasteiger partial charge in [0, 0.05) is 11.8 Å². The van der Waals surface area contributed by atoms with Gasteiger partial charge in [-0.2, -0.15) is 0 Å². The Bertz CT molecular complexity index is 273. The topological polar surface area (TPSA) is 17.1 Å². The lowest BCUT2D eigenvalue weighted by Crippen LogP contribution is -2.17. The average Bonchev–Trinajstić information content (AvgIpc) is 2.58. The van der Waals surface area contributed by atoms with Crippen LogP contribution in [0.25, 0.3) is 0 Å². The molecule has 2 atom stereocenters. The highest BCUT2D eigenvalue weighted by molar-refractivity contribution is 5.92. The van der Waals surface area contributed by atoms with Crippen molar-refractivity contribution in [3.8, 4) is 0 Å². The minimum Gasteiger partial charge on any atom is -0.298 e. The maximum Gasteiger partial charge on any atom is 0.147 e. The quantitative estimate of drug-likeness (QED) is 0.534. The Kier molecular flexibility index (Phi) is 6.67. The number of rotatable bonds is 8. The number of allylic oxidation sites excluding steroid dienone is 2. The normalized spacial score (nSPS) is 24.1. The van der Waals surface area contributed by atoms with Gasteiger partial charge in [0.05, 0.1) is 0 Å². The van der Waals surface area contributed by atoms with Gasteiger partial charge in [-0.3, -0.25) is 4.79 Å². The number of ketones is 1. The van der Waals surface area contributed by atoms with Crippen molar-refractivity contribution >= 4 is 5.78 Å². The highest BCUT2D eigenvalue weighted by Gasteiger charge is 2.38. The van der Waals surface area contributed by atoms with Crippen LogP contribution in [0.1, 0.15) is 79.1 Å². The predicted molar refractivity (Wildman–Crippen MR) is 78.6 cm³/mol. The Labute approximate surface area is 113 Å². The zero-order valence-corrected chi connectivity index (χ0v) is 12.7. The van der Waals surface area contributed by atoms with Crippen LogP contribution in [0, 0.1) is 11.8 Å². The summed E-state index contributed by atoms with van der Waals surface area (Å²) >= 11 is 0. The van der Waals surface area contributed by atoms with E-state index in [0.717, 1.165) is 38.5 Å². The Morgan fingerprint density at radius 1 is 0.722 bits per heavy atom. The van der Waals surface area contributed by atoms with Crippen molar-refractivity contribution in [1.29, 1.82) is 0 Å². The van der Waals surface area contributed by atoms with Gasteiger partial charge in [-0.1, -0.05) is 64.5 Å². The summed E-state index contributed by atoms with van der Waals surface area (Å²) in [5, 5.41) is 0. The number of hydrogen-bond donors (Lipinski definition) is 0. The second kappa shape index (κ2) is 7.76. The lowest BCUT2D eigenvalue weighted by Gasteiger charge is -2.12. The highest BCUT2D eigenvalue weighted by atomic mass is 16.1. The van der Waals surface area contributed by atoms with Crippen molar-refractivity contribution in [2.24, 2.45) is 11.8 Å². The third-order valence-corrected chi connectivity index (χ3v) is 4.13. The zero-order valence-electron chi connectivity index (χ0n) is 12.7. The molecule has 0 saturated carbocycles. The van der Waals surface area contributed by atoms with E-state index in [1.165, 1.54) is 24.0 Å². The summed E-state index contributed by atoms with van der Waals surface area (Å²) in [6, 6.07) is 0. The molecule has 1 aliphatic rings. The van der Waals surface area contributed by atoms with E-state index in [-0.39, 0.29) is 11.8 Å². The molecule has 1 rings (SSSR count). The van der Waals surface area contributed by atoms with E-state index in [1.54, 1.807) is 0 Å². The molecule has 0 unspecified atom stereocenters. The second-order valence-corrected chi connectivity index (χ2v) is 5.64. The Morgan fingerprint density at radius 3 is 1.39 bits per heavy atom. The molecule has 104 valence electrons. The molecule has 0 aromatic rings. The number of carbonyl (C=O) groups excluding carboxylic acids is 1. The van der Waals surface area contributed by atoms with E-state index in [4.69, 9.17) is 0 Å². The first-order valence-corrected chi connectivity index (χ1v) is 7.96. The molecule has 0 aromatic carbocycles. The van der Waals surface area contributed by atoms with E-state index in [0.29, 0.717) is 5.78 Å². The monoisotopic (exact) mass is 250 g/mol. The van der Waals surface area contributed by atoms with Gasteiger partial charge in [0.1, 0.15) is 5.78 Å². The first-order valence-electron chi connectivity index (χ1n) is 7.96. The molecular formula is C17H30O. The molecule has 18 heavy (non-hydrogen) atoms. The highest BCUT2D eigenvalue weighted by Crippen LogP contribution is 2.42. The van der Waals surface area contributed by atoms with Crippen LogP contribution in [0.3, 0.4) is 0 Å². The van der Waals surface area contributed by atoms with Gasteiger partial charge in [0.25, 0.3) is 0 Å². The molecule has 0 heterocycles. The molecule has 1 heteroatoms. The summed E-state index contributed by atoms with van der Waals surface area (Å²) in [7, 11) is 0. The van der Waals surface area contributed by atoms with Crippen LogP contribution in [0.4, 0.5) is 0 Å². The van der Waals surface area contributed by atoms with Crippen molar-refractivity contribution in [2.75, 3.05) is 0 Å². The van der Waals surface area contributed by atoms with Crippen molar-refractivity contribution in [2.45, 2.75) is 79.1 Å². The van der Waals surface area contributed by atoms with Gasteiger partial charge < -0.3 is 0 Å². The van der Waals surface area contributed by atoms with E-state index >= 15 is 0 Å². The second-order valence-electron chi connectivity index (χ2n) is 5.64. The van der Waals surface area contributed by atoms with E-state index in [9.17, 15) is 4.79 Å². The third-order valence-electron chi connectivity index (χ3n) is 4.13. The molecule has 0 radical (unpaired) electrons. The maximum atomic E-state index is 12.6. The molecule has 1 aliphatic carbocycles. The van der Waals surface area contributed by atoms with Crippen molar-refractivity contribution in [1.82, 2.24) is 0 Å². The van der Waals surface area contributed by atoms with E-state index < -0.39 is 0 Å². The zero-order chi connectivity index (χ0) is 13.5. The lowest BCUT2D eigenvalue weighted by atomic mass is 9.90. The fourth-order valence-corrected chi connectivity index (χ4v) is 3.45. The minimum absolute atomic E-state index is 0.271.